The topological polar surface area (TPSA) is 4.93 Å². The average Bonchev–Trinajstić information content (AvgIpc) is 3.56. The Balaban J connectivity index is 1.18. The molecule has 0 bridgehead atoms. The lowest BCUT2D eigenvalue weighted by molar-refractivity contribution is 0.661. The molecule has 0 aliphatic heterocycles. The molecule has 1 heteroatoms. The summed E-state index contributed by atoms with van der Waals surface area (Å²) in [5, 5.41) is 10.5. The molecule has 46 heavy (non-hydrogen) atoms. The Hall–Kier alpha value is -5.66. The molecule has 1 nitrogen and oxygen atoms in total. The minimum Gasteiger partial charge on any atom is -0.309 e. The van der Waals surface area contributed by atoms with Crippen LogP contribution in [-0.4, -0.2) is 4.57 Å². The van der Waals surface area contributed by atoms with E-state index in [-0.39, 0.29) is 5.41 Å². The summed E-state index contributed by atoms with van der Waals surface area (Å²) in [4.78, 5) is 0. The third-order valence-electron chi connectivity index (χ3n) is 10.6. The molecule has 216 valence electrons. The van der Waals surface area contributed by atoms with Crippen molar-refractivity contribution in [3.63, 3.8) is 0 Å². The van der Waals surface area contributed by atoms with Gasteiger partial charge in [-0.05, 0) is 108 Å². The van der Waals surface area contributed by atoms with Gasteiger partial charge in [0.1, 0.15) is 0 Å². The molecule has 1 aliphatic carbocycles. The largest absolute Gasteiger partial charge is 0.309 e. The van der Waals surface area contributed by atoms with Crippen molar-refractivity contribution in [3.8, 4) is 27.9 Å². The molecule has 0 radical (unpaired) electrons. The highest BCUT2D eigenvalue weighted by Crippen LogP contribution is 2.52. The molecule has 0 saturated heterocycles. The van der Waals surface area contributed by atoms with E-state index < -0.39 is 0 Å². The second kappa shape index (κ2) is 9.19. The minimum atomic E-state index is -0.0883. The van der Waals surface area contributed by atoms with Gasteiger partial charge in [0.05, 0.1) is 11.0 Å². The van der Waals surface area contributed by atoms with Gasteiger partial charge in [-0.1, -0.05) is 123 Å². The van der Waals surface area contributed by atoms with E-state index in [0.717, 1.165) is 0 Å². The van der Waals surface area contributed by atoms with Crippen molar-refractivity contribution >= 4 is 54.1 Å². The maximum absolute atomic E-state index is 2.49. The van der Waals surface area contributed by atoms with Crippen LogP contribution in [0.1, 0.15) is 25.0 Å². The van der Waals surface area contributed by atoms with Crippen LogP contribution in [0.15, 0.2) is 152 Å². The lowest BCUT2D eigenvalue weighted by Gasteiger charge is -2.22. The Labute approximate surface area is 268 Å². The second-order valence-electron chi connectivity index (χ2n) is 13.3. The van der Waals surface area contributed by atoms with Crippen molar-refractivity contribution in [2.75, 3.05) is 0 Å². The van der Waals surface area contributed by atoms with Gasteiger partial charge >= 0.3 is 0 Å². The van der Waals surface area contributed by atoms with E-state index in [0.29, 0.717) is 0 Å². The Bertz CT molecular complexity index is 2670. The molecule has 0 N–H and O–H groups in total. The van der Waals surface area contributed by atoms with Crippen LogP contribution in [0, 0.1) is 0 Å². The van der Waals surface area contributed by atoms with Crippen molar-refractivity contribution in [1.29, 1.82) is 0 Å². The highest BCUT2D eigenvalue weighted by Gasteiger charge is 2.36. The fraction of sp³-hybridized carbons (Fsp3) is 0.0667. The number of para-hydroxylation sites is 2. The van der Waals surface area contributed by atoms with Crippen LogP contribution in [0.2, 0.25) is 0 Å². The molecule has 8 aromatic carbocycles. The van der Waals surface area contributed by atoms with Gasteiger partial charge in [-0.2, -0.15) is 0 Å². The zero-order valence-corrected chi connectivity index (χ0v) is 25.9. The van der Waals surface area contributed by atoms with Crippen molar-refractivity contribution < 1.29 is 0 Å². The number of fused-ring (bicyclic) bond motifs is 12. The maximum Gasteiger partial charge on any atom is 0.0541 e. The molecule has 0 saturated carbocycles. The Kier molecular flexibility index (Phi) is 5.12. The molecule has 1 aromatic heterocycles. The van der Waals surface area contributed by atoms with E-state index >= 15 is 0 Å². The normalized spacial score (nSPS) is 13.6. The van der Waals surface area contributed by atoms with Crippen molar-refractivity contribution in [2.24, 2.45) is 0 Å². The molecule has 0 spiro atoms. The number of aromatic nitrogens is 1. The highest BCUT2D eigenvalue weighted by atomic mass is 15.0. The lowest BCUT2D eigenvalue weighted by atomic mass is 9.81. The maximum atomic E-state index is 2.49. The summed E-state index contributed by atoms with van der Waals surface area (Å²) in [6.45, 7) is 4.77. The van der Waals surface area contributed by atoms with E-state index in [2.05, 4.69) is 170 Å². The van der Waals surface area contributed by atoms with Gasteiger partial charge in [0.15, 0.2) is 0 Å². The van der Waals surface area contributed by atoms with Gasteiger partial charge < -0.3 is 4.57 Å². The third kappa shape index (κ3) is 3.40. The summed E-state index contributed by atoms with van der Waals surface area (Å²) in [6, 6.07) is 56.3. The molecule has 10 rings (SSSR count). The first-order valence-electron chi connectivity index (χ1n) is 16.2. The Morgan fingerprint density at radius 3 is 1.50 bits per heavy atom. The van der Waals surface area contributed by atoms with Crippen molar-refractivity contribution in [2.45, 2.75) is 19.3 Å². The SMILES string of the molecule is CC1(C)c2ccc(-c3cccc(-n4c5ccccc5c5ccccc54)c3)cc2-c2cc3c4ccccc4c4ccccc4c3cc21. The van der Waals surface area contributed by atoms with E-state index in [1.807, 2.05) is 0 Å². The first kappa shape index (κ1) is 25.6. The summed E-state index contributed by atoms with van der Waals surface area (Å²) in [7, 11) is 0. The third-order valence-corrected chi connectivity index (χ3v) is 10.6. The van der Waals surface area contributed by atoms with Crippen LogP contribution in [0.4, 0.5) is 0 Å². The summed E-state index contributed by atoms with van der Waals surface area (Å²) < 4.78 is 2.40. The molecule has 0 fully saturated rings. The van der Waals surface area contributed by atoms with Gasteiger partial charge in [0.25, 0.3) is 0 Å². The second-order valence-corrected chi connectivity index (χ2v) is 13.3. The molecule has 9 aromatic rings. The lowest BCUT2D eigenvalue weighted by Crippen LogP contribution is -2.14. The van der Waals surface area contributed by atoms with Gasteiger partial charge in [-0.15, -0.1) is 0 Å². The predicted molar refractivity (Wildman–Crippen MR) is 196 cm³/mol. The molecule has 0 unspecified atom stereocenters. The molecular weight excluding hydrogens is 555 g/mol. The molecule has 1 aliphatic rings. The van der Waals surface area contributed by atoms with Gasteiger partial charge in [0, 0.05) is 21.9 Å². The monoisotopic (exact) mass is 585 g/mol. The van der Waals surface area contributed by atoms with Gasteiger partial charge in [-0.3, -0.25) is 0 Å². The van der Waals surface area contributed by atoms with Crippen LogP contribution in [-0.2, 0) is 5.41 Å². The van der Waals surface area contributed by atoms with Crippen LogP contribution in [0.5, 0.6) is 0 Å². The van der Waals surface area contributed by atoms with E-state index in [9.17, 15) is 0 Å². The van der Waals surface area contributed by atoms with Crippen LogP contribution in [0.25, 0.3) is 82.1 Å². The van der Waals surface area contributed by atoms with Crippen molar-refractivity contribution in [3.05, 3.63) is 163 Å². The number of rotatable bonds is 2. The summed E-state index contributed by atoms with van der Waals surface area (Å²) in [6.07, 6.45) is 0. The number of nitrogens with zero attached hydrogens (tertiary/aromatic N) is 1. The number of hydrogen-bond acceptors (Lipinski definition) is 0. The van der Waals surface area contributed by atoms with E-state index in [1.54, 1.807) is 0 Å². The zero-order chi connectivity index (χ0) is 30.6. The van der Waals surface area contributed by atoms with Gasteiger partial charge in [-0.25, -0.2) is 0 Å². The quantitative estimate of drug-likeness (QED) is 0.178. The van der Waals surface area contributed by atoms with Crippen LogP contribution in [0.3, 0.4) is 0 Å². The molecule has 0 atom stereocenters. The standard InChI is InChI=1S/C45H31N/c1-45(2)41-23-22-29(28-12-11-13-30(24-28)46-43-20-9-7-18-35(43)36-19-8-10-21-44(36)46)25-39(41)40-26-37-33-16-5-3-14-31(33)32-15-4-6-17-34(32)38(37)27-42(40)45/h3-27H,1-2H3. The molecular formula is C45H31N. The van der Waals surface area contributed by atoms with Crippen LogP contribution >= 0.6 is 0 Å². The van der Waals surface area contributed by atoms with E-state index in [1.165, 1.54) is 93.2 Å². The minimum absolute atomic E-state index is 0.0883. The number of hydrogen-bond donors (Lipinski definition) is 0. The first-order valence-corrected chi connectivity index (χ1v) is 16.2. The average molecular weight is 586 g/mol. The zero-order valence-electron chi connectivity index (χ0n) is 25.9. The highest BCUT2D eigenvalue weighted by molar-refractivity contribution is 6.26. The molecule has 0 amide bonds. The van der Waals surface area contributed by atoms with Gasteiger partial charge in [0.2, 0.25) is 0 Å². The van der Waals surface area contributed by atoms with Crippen LogP contribution < -0.4 is 0 Å². The summed E-state index contributed by atoms with van der Waals surface area (Å²) >= 11 is 0. The number of benzene rings is 8. The first-order chi connectivity index (χ1) is 22.6. The molecule has 1 heterocycles. The summed E-state index contributed by atoms with van der Waals surface area (Å²) in [5.74, 6) is 0. The van der Waals surface area contributed by atoms with Crippen molar-refractivity contribution in [1.82, 2.24) is 4.57 Å². The van der Waals surface area contributed by atoms with E-state index in [4.69, 9.17) is 0 Å². The Morgan fingerprint density at radius 2 is 0.870 bits per heavy atom. The Morgan fingerprint density at radius 1 is 0.370 bits per heavy atom. The fourth-order valence-corrected chi connectivity index (χ4v) is 8.35. The smallest absolute Gasteiger partial charge is 0.0541 e. The predicted octanol–water partition coefficient (Wildman–Crippen LogP) is 12.2. The summed E-state index contributed by atoms with van der Waals surface area (Å²) in [5.41, 5.74) is 11.5. The fourth-order valence-electron chi connectivity index (χ4n) is 8.35.